The molecule has 0 aromatic heterocycles. The molecule has 1 aliphatic heterocycles. The van der Waals surface area contributed by atoms with Crippen LogP contribution in [0, 0.1) is 5.82 Å². The number of hydrogen-bond donors (Lipinski definition) is 1. The van der Waals surface area contributed by atoms with Gasteiger partial charge in [-0.3, -0.25) is 4.99 Å². The average molecular weight is 383 g/mol. The van der Waals surface area contributed by atoms with Gasteiger partial charge in [0.05, 0.1) is 23.7 Å². The highest BCUT2D eigenvalue weighted by molar-refractivity contribution is 6.31. The van der Waals surface area contributed by atoms with Crippen molar-refractivity contribution in [3.8, 4) is 16.9 Å². The molecule has 5 heteroatoms. The van der Waals surface area contributed by atoms with Gasteiger partial charge >= 0.3 is 0 Å². The smallest absolute Gasteiger partial charge is 0.141 e. The molecular weight excluding hydrogens is 363 g/mol. The Labute approximate surface area is 162 Å². The quantitative estimate of drug-likeness (QED) is 0.637. The molecule has 0 fully saturated rings. The molecule has 138 valence electrons. The lowest BCUT2D eigenvalue weighted by Crippen LogP contribution is -2.21. The van der Waals surface area contributed by atoms with Gasteiger partial charge in [-0.25, -0.2) is 4.39 Å². The summed E-state index contributed by atoms with van der Waals surface area (Å²) >= 11 is 6.09. The molecule has 3 nitrogen and oxygen atoms in total. The monoisotopic (exact) mass is 382 g/mol. The van der Waals surface area contributed by atoms with Crippen LogP contribution in [-0.2, 0) is 0 Å². The van der Waals surface area contributed by atoms with Crippen LogP contribution in [0.15, 0.2) is 53.5 Å². The third-order valence-corrected chi connectivity index (χ3v) is 4.88. The second-order valence-corrected chi connectivity index (χ2v) is 6.89. The fourth-order valence-electron chi connectivity index (χ4n) is 3.38. The van der Waals surface area contributed by atoms with Gasteiger partial charge in [-0.1, -0.05) is 48.9 Å². The molecular formula is C22H20ClFN2O. The number of halogens is 2. The molecule has 0 saturated heterocycles. The third kappa shape index (κ3) is 3.37. The van der Waals surface area contributed by atoms with Crippen LogP contribution in [0.4, 0.5) is 4.39 Å². The van der Waals surface area contributed by atoms with Crippen LogP contribution in [0.25, 0.3) is 21.9 Å². The van der Waals surface area contributed by atoms with Crippen LogP contribution in [0.3, 0.4) is 0 Å². The van der Waals surface area contributed by atoms with E-state index in [9.17, 15) is 4.39 Å². The Kier molecular flexibility index (Phi) is 4.99. The molecule has 27 heavy (non-hydrogen) atoms. The standard InChI is InChI=1S/C22H20ClFN2O/c1-2-11-27-21-17(22-25-9-10-26-22)12-14-5-3-4-6-16(14)20(21)15-7-8-19(24)18(23)13-15/h3-8,12-13H,2,9-11H2,1H3,(H,25,26). The highest BCUT2D eigenvalue weighted by Crippen LogP contribution is 2.41. The topological polar surface area (TPSA) is 33.6 Å². The van der Waals surface area contributed by atoms with E-state index in [0.29, 0.717) is 6.61 Å². The first kappa shape index (κ1) is 17.8. The number of rotatable bonds is 5. The molecule has 3 aromatic rings. The maximum atomic E-state index is 13.8. The largest absolute Gasteiger partial charge is 0.492 e. The van der Waals surface area contributed by atoms with Gasteiger partial charge in [-0.05, 0) is 41.0 Å². The third-order valence-electron chi connectivity index (χ3n) is 4.59. The molecule has 0 unspecified atom stereocenters. The summed E-state index contributed by atoms with van der Waals surface area (Å²) in [4.78, 5) is 4.59. The first-order chi connectivity index (χ1) is 13.2. The van der Waals surface area contributed by atoms with Crippen LogP contribution in [0.5, 0.6) is 5.75 Å². The van der Waals surface area contributed by atoms with Gasteiger partial charge < -0.3 is 10.1 Å². The lowest BCUT2D eigenvalue weighted by atomic mass is 9.93. The van der Waals surface area contributed by atoms with E-state index in [2.05, 4.69) is 35.4 Å². The minimum Gasteiger partial charge on any atom is -0.492 e. The fourth-order valence-corrected chi connectivity index (χ4v) is 3.56. The molecule has 0 radical (unpaired) electrons. The van der Waals surface area contributed by atoms with E-state index in [0.717, 1.165) is 58.6 Å². The number of ether oxygens (including phenoxy) is 1. The van der Waals surface area contributed by atoms with E-state index in [-0.39, 0.29) is 5.02 Å². The Hall–Kier alpha value is -2.59. The van der Waals surface area contributed by atoms with Gasteiger partial charge in [0, 0.05) is 12.1 Å². The first-order valence-electron chi connectivity index (χ1n) is 9.11. The summed E-state index contributed by atoms with van der Waals surface area (Å²) in [6.07, 6.45) is 0.885. The van der Waals surface area contributed by atoms with Crippen molar-refractivity contribution in [1.29, 1.82) is 0 Å². The number of benzene rings is 3. The number of fused-ring (bicyclic) bond motifs is 1. The van der Waals surface area contributed by atoms with Gasteiger partial charge in [0.2, 0.25) is 0 Å². The number of hydrogen-bond acceptors (Lipinski definition) is 3. The van der Waals surface area contributed by atoms with Crippen molar-refractivity contribution < 1.29 is 9.13 Å². The van der Waals surface area contributed by atoms with Crippen molar-refractivity contribution in [2.75, 3.05) is 19.7 Å². The van der Waals surface area contributed by atoms with Crippen molar-refractivity contribution in [2.24, 2.45) is 4.99 Å². The van der Waals surface area contributed by atoms with E-state index in [4.69, 9.17) is 16.3 Å². The summed E-state index contributed by atoms with van der Waals surface area (Å²) in [7, 11) is 0. The summed E-state index contributed by atoms with van der Waals surface area (Å²) in [6.45, 7) is 4.21. The summed E-state index contributed by atoms with van der Waals surface area (Å²) < 4.78 is 20.0. The fraction of sp³-hybridized carbons (Fsp3) is 0.227. The van der Waals surface area contributed by atoms with E-state index in [1.165, 1.54) is 6.07 Å². The first-order valence-corrected chi connectivity index (χ1v) is 9.49. The predicted molar refractivity (Wildman–Crippen MR) is 110 cm³/mol. The van der Waals surface area contributed by atoms with Crippen molar-refractivity contribution in [2.45, 2.75) is 13.3 Å². The second kappa shape index (κ2) is 7.57. The maximum absolute atomic E-state index is 13.8. The van der Waals surface area contributed by atoms with E-state index in [1.807, 2.05) is 12.1 Å². The Morgan fingerprint density at radius 1 is 1.19 bits per heavy atom. The van der Waals surface area contributed by atoms with Crippen molar-refractivity contribution >= 4 is 28.2 Å². The molecule has 1 N–H and O–H groups in total. The molecule has 1 heterocycles. The zero-order valence-corrected chi connectivity index (χ0v) is 15.8. The summed E-state index contributed by atoms with van der Waals surface area (Å²) in [5, 5.41) is 5.54. The number of amidine groups is 1. The van der Waals surface area contributed by atoms with Gasteiger partial charge in [-0.2, -0.15) is 0 Å². The van der Waals surface area contributed by atoms with Gasteiger partial charge in [0.15, 0.2) is 0 Å². The molecule has 4 rings (SSSR count). The zero-order chi connectivity index (χ0) is 18.8. The van der Waals surface area contributed by atoms with Crippen LogP contribution in [-0.4, -0.2) is 25.5 Å². The molecule has 0 atom stereocenters. The highest BCUT2D eigenvalue weighted by Gasteiger charge is 2.21. The van der Waals surface area contributed by atoms with Crippen molar-refractivity contribution in [3.63, 3.8) is 0 Å². The molecule has 3 aromatic carbocycles. The minimum absolute atomic E-state index is 0.0970. The van der Waals surface area contributed by atoms with Crippen molar-refractivity contribution in [3.05, 3.63) is 64.9 Å². The predicted octanol–water partition coefficient (Wildman–Crippen LogP) is 5.44. The van der Waals surface area contributed by atoms with Gasteiger partial charge in [0.1, 0.15) is 17.4 Å². The van der Waals surface area contributed by atoms with Gasteiger partial charge in [0.25, 0.3) is 0 Å². The number of nitrogens with zero attached hydrogens (tertiary/aromatic N) is 1. The molecule has 0 bridgehead atoms. The van der Waals surface area contributed by atoms with Crippen LogP contribution in [0.2, 0.25) is 5.02 Å². The molecule has 0 saturated carbocycles. The van der Waals surface area contributed by atoms with Crippen LogP contribution < -0.4 is 10.1 Å². The maximum Gasteiger partial charge on any atom is 0.141 e. The highest BCUT2D eigenvalue weighted by atomic mass is 35.5. The van der Waals surface area contributed by atoms with Gasteiger partial charge in [-0.15, -0.1) is 0 Å². The van der Waals surface area contributed by atoms with E-state index in [1.54, 1.807) is 12.1 Å². The summed E-state index contributed by atoms with van der Waals surface area (Å²) in [5.74, 6) is 1.16. The van der Waals surface area contributed by atoms with Crippen LogP contribution >= 0.6 is 11.6 Å². The SMILES string of the molecule is CCCOc1c(C2=NCCN2)cc2ccccc2c1-c1ccc(F)c(Cl)c1. The Bertz CT molecular complexity index is 1030. The van der Waals surface area contributed by atoms with E-state index < -0.39 is 5.82 Å². The summed E-state index contributed by atoms with van der Waals surface area (Å²) in [6, 6.07) is 15.0. The minimum atomic E-state index is -0.432. The Balaban J connectivity index is 2.04. The molecule has 1 aliphatic rings. The molecule has 0 spiro atoms. The number of aliphatic imine (C=N–C) groups is 1. The average Bonchev–Trinajstić information content (AvgIpc) is 3.22. The summed E-state index contributed by atoms with van der Waals surface area (Å²) in [5.41, 5.74) is 2.66. The van der Waals surface area contributed by atoms with Crippen molar-refractivity contribution in [1.82, 2.24) is 5.32 Å². The lowest BCUT2D eigenvalue weighted by molar-refractivity contribution is 0.318. The van der Waals surface area contributed by atoms with E-state index >= 15 is 0 Å². The number of nitrogens with one attached hydrogen (secondary N) is 1. The lowest BCUT2D eigenvalue weighted by Gasteiger charge is -2.19. The second-order valence-electron chi connectivity index (χ2n) is 6.48. The Morgan fingerprint density at radius 2 is 2.04 bits per heavy atom. The van der Waals surface area contributed by atoms with Crippen LogP contribution in [0.1, 0.15) is 18.9 Å². The molecule has 0 amide bonds. The Morgan fingerprint density at radius 3 is 2.78 bits per heavy atom. The molecule has 0 aliphatic carbocycles. The zero-order valence-electron chi connectivity index (χ0n) is 15.1. The normalized spacial score (nSPS) is 13.5.